The molecule has 3 aromatic carbocycles. The second kappa shape index (κ2) is 11.6. The SMILES string of the molecule is CNC(=O)[C@@H](Cc1ccccc1)N(Cc1ccccc1)C(=O)CSc1ccc(Cl)cc1. The van der Waals surface area contributed by atoms with Gasteiger partial charge in [0.15, 0.2) is 0 Å². The molecule has 1 N–H and O–H groups in total. The predicted molar refractivity (Wildman–Crippen MR) is 127 cm³/mol. The molecule has 4 nitrogen and oxygen atoms in total. The summed E-state index contributed by atoms with van der Waals surface area (Å²) in [6.07, 6.45) is 0.449. The molecule has 0 radical (unpaired) electrons. The Kier molecular flexibility index (Phi) is 8.56. The molecule has 0 bridgehead atoms. The molecule has 3 rings (SSSR count). The van der Waals surface area contributed by atoms with Crippen molar-refractivity contribution < 1.29 is 9.59 Å². The van der Waals surface area contributed by atoms with E-state index in [-0.39, 0.29) is 17.6 Å². The predicted octanol–water partition coefficient (Wildman–Crippen LogP) is 4.82. The fourth-order valence-corrected chi connectivity index (χ4v) is 4.17. The third-order valence-corrected chi connectivity index (χ3v) is 6.14. The van der Waals surface area contributed by atoms with Crippen LogP contribution < -0.4 is 5.32 Å². The zero-order valence-electron chi connectivity index (χ0n) is 17.3. The highest BCUT2D eigenvalue weighted by Crippen LogP contribution is 2.22. The minimum Gasteiger partial charge on any atom is -0.357 e. The molecule has 31 heavy (non-hydrogen) atoms. The van der Waals surface area contributed by atoms with Gasteiger partial charge < -0.3 is 10.2 Å². The van der Waals surface area contributed by atoms with Gasteiger partial charge in [-0.2, -0.15) is 0 Å². The van der Waals surface area contributed by atoms with E-state index in [0.29, 0.717) is 18.0 Å². The van der Waals surface area contributed by atoms with Crippen LogP contribution in [0.25, 0.3) is 0 Å². The molecular weight excluding hydrogens is 428 g/mol. The number of thioether (sulfide) groups is 1. The molecule has 0 spiro atoms. The Morgan fingerprint density at radius 3 is 2.06 bits per heavy atom. The first-order valence-electron chi connectivity index (χ1n) is 10.0. The van der Waals surface area contributed by atoms with Gasteiger partial charge >= 0.3 is 0 Å². The highest BCUT2D eigenvalue weighted by Gasteiger charge is 2.29. The van der Waals surface area contributed by atoms with Gasteiger partial charge in [-0.1, -0.05) is 72.3 Å². The molecule has 6 heteroatoms. The second-order valence-corrected chi connectivity index (χ2v) is 8.55. The number of carbonyl (C=O) groups excluding carboxylic acids is 2. The van der Waals surface area contributed by atoms with Crippen LogP contribution in [0.4, 0.5) is 0 Å². The molecule has 0 aromatic heterocycles. The van der Waals surface area contributed by atoms with Crippen LogP contribution in [0.3, 0.4) is 0 Å². The largest absolute Gasteiger partial charge is 0.357 e. The lowest BCUT2D eigenvalue weighted by Crippen LogP contribution is -2.50. The first-order chi connectivity index (χ1) is 15.1. The Balaban J connectivity index is 1.83. The van der Waals surface area contributed by atoms with Crippen molar-refractivity contribution >= 4 is 35.2 Å². The number of rotatable bonds is 9. The lowest BCUT2D eigenvalue weighted by molar-refractivity contribution is -0.139. The molecule has 0 aliphatic rings. The molecule has 0 aliphatic carbocycles. The first kappa shape index (κ1) is 22.9. The molecule has 0 heterocycles. The van der Waals surface area contributed by atoms with E-state index in [9.17, 15) is 9.59 Å². The van der Waals surface area contributed by atoms with E-state index in [1.165, 1.54) is 11.8 Å². The van der Waals surface area contributed by atoms with Gasteiger partial charge in [0.1, 0.15) is 6.04 Å². The van der Waals surface area contributed by atoms with Gasteiger partial charge in [-0.05, 0) is 35.4 Å². The van der Waals surface area contributed by atoms with Crippen molar-refractivity contribution in [3.63, 3.8) is 0 Å². The average molecular weight is 453 g/mol. The van der Waals surface area contributed by atoms with Crippen molar-refractivity contribution in [1.82, 2.24) is 10.2 Å². The maximum Gasteiger partial charge on any atom is 0.242 e. The Hall–Kier alpha value is -2.76. The van der Waals surface area contributed by atoms with E-state index in [2.05, 4.69) is 5.32 Å². The average Bonchev–Trinajstić information content (AvgIpc) is 2.81. The fourth-order valence-electron chi connectivity index (χ4n) is 3.26. The van der Waals surface area contributed by atoms with Crippen molar-refractivity contribution in [2.75, 3.05) is 12.8 Å². The number of benzene rings is 3. The molecule has 2 amide bonds. The van der Waals surface area contributed by atoms with E-state index in [0.717, 1.165) is 16.0 Å². The summed E-state index contributed by atoms with van der Waals surface area (Å²) in [4.78, 5) is 28.8. The number of hydrogen-bond acceptors (Lipinski definition) is 3. The minimum atomic E-state index is -0.606. The van der Waals surface area contributed by atoms with E-state index >= 15 is 0 Å². The lowest BCUT2D eigenvalue weighted by Gasteiger charge is -2.31. The Bertz CT molecular complexity index is 981. The van der Waals surface area contributed by atoms with Crippen LogP contribution in [0, 0.1) is 0 Å². The maximum absolute atomic E-state index is 13.3. The Labute approximate surface area is 192 Å². The van der Waals surface area contributed by atoms with Crippen molar-refractivity contribution in [3.05, 3.63) is 101 Å². The highest BCUT2D eigenvalue weighted by molar-refractivity contribution is 8.00. The standard InChI is InChI=1S/C25H25ClN2O2S/c1-27-25(30)23(16-19-8-4-2-5-9-19)28(17-20-10-6-3-7-11-20)24(29)18-31-22-14-12-21(26)13-15-22/h2-15,23H,16-18H2,1H3,(H,27,30)/t23-/m1/s1. The van der Waals surface area contributed by atoms with Gasteiger partial charge in [0, 0.05) is 29.9 Å². The number of hydrogen-bond donors (Lipinski definition) is 1. The first-order valence-corrected chi connectivity index (χ1v) is 11.4. The molecule has 1 atom stereocenters. The highest BCUT2D eigenvalue weighted by atomic mass is 35.5. The normalized spacial score (nSPS) is 11.5. The molecule has 0 aliphatic heterocycles. The van der Waals surface area contributed by atoms with E-state index in [1.807, 2.05) is 72.8 Å². The van der Waals surface area contributed by atoms with Gasteiger partial charge in [0.2, 0.25) is 11.8 Å². The van der Waals surface area contributed by atoms with Crippen molar-refractivity contribution in [3.8, 4) is 0 Å². The molecule has 0 saturated carbocycles. The zero-order valence-corrected chi connectivity index (χ0v) is 18.9. The van der Waals surface area contributed by atoms with Crippen LogP contribution in [0.5, 0.6) is 0 Å². The summed E-state index contributed by atoms with van der Waals surface area (Å²) >= 11 is 7.39. The summed E-state index contributed by atoms with van der Waals surface area (Å²) in [6, 6.07) is 26.3. The number of nitrogens with zero attached hydrogens (tertiary/aromatic N) is 1. The third-order valence-electron chi connectivity index (χ3n) is 4.89. The van der Waals surface area contributed by atoms with Crippen LogP contribution in [0.1, 0.15) is 11.1 Å². The number of likely N-dealkylation sites (N-methyl/N-ethyl adjacent to an activating group) is 1. The molecular formula is C25H25ClN2O2S. The van der Waals surface area contributed by atoms with Crippen LogP contribution in [-0.2, 0) is 22.6 Å². The molecule has 0 unspecified atom stereocenters. The second-order valence-electron chi connectivity index (χ2n) is 7.07. The van der Waals surface area contributed by atoms with E-state index in [4.69, 9.17) is 11.6 Å². The lowest BCUT2D eigenvalue weighted by atomic mass is 10.0. The fraction of sp³-hybridized carbons (Fsp3) is 0.200. The van der Waals surface area contributed by atoms with Gasteiger partial charge in [-0.3, -0.25) is 9.59 Å². The van der Waals surface area contributed by atoms with E-state index < -0.39 is 6.04 Å². The van der Waals surface area contributed by atoms with Crippen LogP contribution in [0.15, 0.2) is 89.8 Å². The quantitative estimate of drug-likeness (QED) is 0.473. The van der Waals surface area contributed by atoms with Gasteiger partial charge in [0.25, 0.3) is 0 Å². The summed E-state index contributed by atoms with van der Waals surface area (Å²) in [5.41, 5.74) is 1.99. The monoisotopic (exact) mass is 452 g/mol. The molecule has 3 aromatic rings. The maximum atomic E-state index is 13.3. The van der Waals surface area contributed by atoms with Crippen LogP contribution >= 0.6 is 23.4 Å². The summed E-state index contributed by atoms with van der Waals surface area (Å²) < 4.78 is 0. The number of amides is 2. The third kappa shape index (κ3) is 6.88. The van der Waals surface area contributed by atoms with Crippen molar-refractivity contribution in [2.24, 2.45) is 0 Å². The minimum absolute atomic E-state index is 0.0895. The molecule has 0 saturated heterocycles. The van der Waals surface area contributed by atoms with Gasteiger partial charge in [0.05, 0.1) is 5.75 Å². The number of halogens is 1. The van der Waals surface area contributed by atoms with Crippen LogP contribution in [-0.4, -0.2) is 35.6 Å². The van der Waals surface area contributed by atoms with Crippen molar-refractivity contribution in [1.29, 1.82) is 0 Å². The summed E-state index contributed by atoms with van der Waals surface area (Å²) in [5, 5.41) is 3.39. The topological polar surface area (TPSA) is 49.4 Å². The zero-order chi connectivity index (χ0) is 22.1. The number of nitrogens with one attached hydrogen (secondary N) is 1. The summed E-state index contributed by atoms with van der Waals surface area (Å²) in [6.45, 7) is 0.367. The van der Waals surface area contributed by atoms with Crippen molar-refractivity contribution in [2.45, 2.75) is 23.9 Å². The van der Waals surface area contributed by atoms with Gasteiger partial charge in [-0.25, -0.2) is 0 Å². The number of carbonyl (C=O) groups is 2. The summed E-state index contributed by atoms with van der Waals surface area (Å²) in [7, 11) is 1.61. The summed E-state index contributed by atoms with van der Waals surface area (Å²) in [5.74, 6) is -0.0329. The smallest absolute Gasteiger partial charge is 0.242 e. The molecule has 0 fully saturated rings. The molecule has 160 valence electrons. The van der Waals surface area contributed by atoms with Crippen LogP contribution in [0.2, 0.25) is 5.02 Å². The Morgan fingerprint density at radius 2 is 1.48 bits per heavy atom. The Morgan fingerprint density at radius 1 is 0.903 bits per heavy atom. The van der Waals surface area contributed by atoms with Gasteiger partial charge in [-0.15, -0.1) is 11.8 Å². The van der Waals surface area contributed by atoms with E-state index in [1.54, 1.807) is 24.1 Å².